The molecule has 0 aliphatic carbocycles. The van der Waals surface area contributed by atoms with Crippen LogP contribution in [0.2, 0.25) is 0 Å². The van der Waals surface area contributed by atoms with Gasteiger partial charge in [0.15, 0.2) is 12.0 Å². The van der Waals surface area contributed by atoms with Crippen molar-refractivity contribution in [2.45, 2.75) is 6.18 Å². The molecule has 0 saturated heterocycles. The molecule has 0 atom stereocenters. The first-order chi connectivity index (χ1) is 7.93. The standard InChI is InChI=1S/C9H6F3N3OS/c1-15-7(9(10,11)12)6(3-14-15)8-13-2-5(4-16)17-8/h2-4H,1H3. The predicted molar refractivity (Wildman–Crippen MR) is 54.7 cm³/mol. The van der Waals surface area contributed by atoms with Crippen LogP contribution >= 0.6 is 11.3 Å². The van der Waals surface area contributed by atoms with Crippen molar-refractivity contribution in [2.24, 2.45) is 7.05 Å². The van der Waals surface area contributed by atoms with Crippen LogP contribution < -0.4 is 0 Å². The summed E-state index contributed by atoms with van der Waals surface area (Å²) in [5, 5.41) is 3.70. The van der Waals surface area contributed by atoms with Crippen LogP contribution in [0.3, 0.4) is 0 Å². The predicted octanol–water partition coefficient (Wildman–Crippen LogP) is 2.37. The van der Waals surface area contributed by atoms with Gasteiger partial charge in [-0.25, -0.2) is 4.98 Å². The Labute approximate surface area is 97.7 Å². The molecule has 17 heavy (non-hydrogen) atoms. The lowest BCUT2D eigenvalue weighted by molar-refractivity contribution is -0.143. The highest BCUT2D eigenvalue weighted by molar-refractivity contribution is 7.16. The molecule has 2 rings (SSSR count). The summed E-state index contributed by atoms with van der Waals surface area (Å²) in [5.74, 6) is 0. The van der Waals surface area contributed by atoms with Crippen molar-refractivity contribution in [3.8, 4) is 10.6 Å². The van der Waals surface area contributed by atoms with E-state index >= 15 is 0 Å². The van der Waals surface area contributed by atoms with Gasteiger partial charge in [-0.05, 0) is 0 Å². The summed E-state index contributed by atoms with van der Waals surface area (Å²) in [6.07, 6.45) is -1.63. The smallest absolute Gasteiger partial charge is 0.297 e. The van der Waals surface area contributed by atoms with Crippen molar-refractivity contribution in [2.75, 3.05) is 0 Å². The van der Waals surface area contributed by atoms with E-state index in [1.54, 1.807) is 0 Å². The summed E-state index contributed by atoms with van der Waals surface area (Å²) < 4.78 is 39.0. The number of aryl methyl sites for hydroxylation is 1. The Hall–Kier alpha value is -1.70. The van der Waals surface area contributed by atoms with Crippen LogP contribution in [0.25, 0.3) is 10.6 Å². The summed E-state index contributed by atoms with van der Waals surface area (Å²) >= 11 is 0.897. The van der Waals surface area contributed by atoms with Crippen molar-refractivity contribution in [1.29, 1.82) is 0 Å². The average Bonchev–Trinajstić information content (AvgIpc) is 2.81. The Morgan fingerprint density at radius 1 is 1.41 bits per heavy atom. The van der Waals surface area contributed by atoms with E-state index in [4.69, 9.17) is 0 Å². The summed E-state index contributed by atoms with van der Waals surface area (Å²) in [6.45, 7) is 0. The molecule has 0 N–H and O–H groups in total. The maximum Gasteiger partial charge on any atom is 0.433 e. The molecule has 0 fully saturated rings. The number of carbonyl (C=O) groups is 1. The van der Waals surface area contributed by atoms with E-state index in [2.05, 4.69) is 10.1 Å². The van der Waals surface area contributed by atoms with E-state index in [-0.39, 0.29) is 15.4 Å². The molecule has 8 heteroatoms. The summed E-state index contributed by atoms with van der Waals surface area (Å²) in [6, 6.07) is 0. The summed E-state index contributed by atoms with van der Waals surface area (Å²) in [4.78, 5) is 14.5. The molecule has 0 unspecified atom stereocenters. The topological polar surface area (TPSA) is 47.8 Å². The van der Waals surface area contributed by atoms with E-state index < -0.39 is 11.9 Å². The van der Waals surface area contributed by atoms with Gasteiger partial charge in [-0.1, -0.05) is 0 Å². The third-order valence-electron chi connectivity index (χ3n) is 2.08. The number of aldehydes is 1. The van der Waals surface area contributed by atoms with E-state index in [9.17, 15) is 18.0 Å². The van der Waals surface area contributed by atoms with E-state index in [1.807, 2.05) is 0 Å². The number of hydrogen-bond acceptors (Lipinski definition) is 4. The van der Waals surface area contributed by atoms with Crippen LogP contribution in [0.15, 0.2) is 12.4 Å². The zero-order valence-electron chi connectivity index (χ0n) is 8.52. The van der Waals surface area contributed by atoms with Gasteiger partial charge in [-0.15, -0.1) is 11.3 Å². The number of nitrogens with zero attached hydrogens (tertiary/aromatic N) is 3. The number of thiazole rings is 1. The minimum Gasteiger partial charge on any atom is -0.297 e. The molecule has 0 aliphatic rings. The second kappa shape index (κ2) is 3.95. The molecular formula is C9H6F3N3OS. The molecule has 2 heterocycles. The van der Waals surface area contributed by atoms with Crippen molar-refractivity contribution in [3.63, 3.8) is 0 Å². The molecule has 0 spiro atoms. The third kappa shape index (κ3) is 2.07. The number of carbonyl (C=O) groups excluding carboxylic acids is 1. The van der Waals surface area contributed by atoms with Gasteiger partial charge in [-0.2, -0.15) is 18.3 Å². The number of rotatable bonds is 2. The van der Waals surface area contributed by atoms with Gasteiger partial charge in [0.25, 0.3) is 0 Å². The highest BCUT2D eigenvalue weighted by Gasteiger charge is 2.38. The zero-order chi connectivity index (χ0) is 12.6. The number of hydrogen-bond donors (Lipinski definition) is 0. The van der Waals surface area contributed by atoms with Crippen LogP contribution in [-0.2, 0) is 13.2 Å². The maximum atomic E-state index is 12.8. The quantitative estimate of drug-likeness (QED) is 0.780. The first kappa shape index (κ1) is 11.8. The van der Waals surface area contributed by atoms with Crippen LogP contribution in [-0.4, -0.2) is 21.1 Å². The average molecular weight is 261 g/mol. The molecule has 0 saturated carbocycles. The van der Waals surface area contributed by atoms with Gasteiger partial charge in [-0.3, -0.25) is 9.48 Å². The van der Waals surface area contributed by atoms with E-state index in [1.165, 1.54) is 13.2 Å². The van der Waals surface area contributed by atoms with Gasteiger partial charge in [0.05, 0.1) is 16.6 Å². The molecule has 0 aromatic carbocycles. The van der Waals surface area contributed by atoms with Crippen LogP contribution in [0.5, 0.6) is 0 Å². The molecule has 0 aliphatic heterocycles. The minimum atomic E-state index is -4.51. The monoisotopic (exact) mass is 261 g/mol. The van der Waals surface area contributed by atoms with E-state index in [0.717, 1.165) is 22.2 Å². The first-order valence-corrected chi connectivity index (χ1v) is 5.25. The minimum absolute atomic E-state index is 0.113. The maximum absolute atomic E-state index is 12.8. The lowest BCUT2D eigenvalue weighted by Gasteiger charge is -2.08. The molecular weight excluding hydrogens is 255 g/mol. The number of halogens is 3. The highest BCUT2D eigenvalue weighted by atomic mass is 32.1. The second-order valence-electron chi connectivity index (χ2n) is 3.21. The Balaban J connectivity index is 2.56. The fourth-order valence-corrected chi connectivity index (χ4v) is 2.14. The molecule has 2 aromatic heterocycles. The normalized spacial score (nSPS) is 11.8. The van der Waals surface area contributed by atoms with Gasteiger partial charge in [0.1, 0.15) is 5.01 Å². The number of aromatic nitrogens is 3. The fourth-order valence-electron chi connectivity index (χ4n) is 1.40. The van der Waals surface area contributed by atoms with Crippen molar-refractivity contribution in [1.82, 2.24) is 14.8 Å². The van der Waals surface area contributed by atoms with Crippen LogP contribution in [0.4, 0.5) is 13.2 Å². The molecule has 0 radical (unpaired) electrons. The lowest BCUT2D eigenvalue weighted by Crippen LogP contribution is -2.12. The van der Waals surface area contributed by atoms with Crippen molar-refractivity contribution >= 4 is 17.6 Å². The highest BCUT2D eigenvalue weighted by Crippen LogP contribution is 2.37. The molecule has 0 bridgehead atoms. The largest absolute Gasteiger partial charge is 0.433 e. The van der Waals surface area contributed by atoms with Crippen molar-refractivity contribution in [3.05, 3.63) is 23.0 Å². The molecule has 90 valence electrons. The molecule has 0 amide bonds. The first-order valence-electron chi connectivity index (χ1n) is 4.44. The van der Waals surface area contributed by atoms with Gasteiger partial charge in [0, 0.05) is 13.2 Å². The second-order valence-corrected chi connectivity index (χ2v) is 4.28. The van der Waals surface area contributed by atoms with Crippen LogP contribution in [0, 0.1) is 0 Å². The van der Waals surface area contributed by atoms with Gasteiger partial charge >= 0.3 is 6.18 Å². The molecule has 2 aromatic rings. The Kier molecular flexibility index (Phi) is 2.74. The molecule has 4 nitrogen and oxygen atoms in total. The summed E-state index contributed by atoms with van der Waals surface area (Å²) in [7, 11) is 1.21. The fraction of sp³-hybridized carbons (Fsp3) is 0.222. The lowest BCUT2D eigenvalue weighted by atomic mass is 10.2. The van der Waals surface area contributed by atoms with Crippen LogP contribution in [0.1, 0.15) is 15.4 Å². The zero-order valence-corrected chi connectivity index (χ0v) is 9.34. The Morgan fingerprint density at radius 3 is 2.65 bits per heavy atom. The van der Waals surface area contributed by atoms with Gasteiger partial charge < -0.3 is 0 Å². The van der Waals surface area contributed by atoms with Crippen molar-refractivity contribution < 1.29 is 18.0 Å². The third-order valence-corrected chi connectivity index (χ3v) is 3.03. The Morgan fingerprint density at radius 2 is 2.12 bits per heavy atom. The van der Waals surface area contributed by atoms with E-state index in [0.29, 0.717) is 6.29 Å². The SMILES string of the molecule is Cn1ncc(-c2ncc(C=O)s2)c1C(F)(F)F. The summed E-state index contributed by atoms with van der Waals surface area (Å²) in [5.41, 5.74) is -0.984. The Bertz CT molecular complexity index is 558. The number of alkyl halides is 3. The van der Waals surface area contributed by atoms with Gasteiger partial charge in [0.2, 0.25) is 0 Å².